The van der Waals surface area contributed by atoms with Gasteiger partial charge >= 0.3 is 0 Å². The van der Waals surface area contributed by atoms with E-state index in [9.17, 15) is 4.79 Å². The van der Waals surface area contributed by atoms with Gasteiger partial charge in [0.05, 0.1) is 29.4 Å². The molecule has 1 unspecified atom stereocenters. The van der Waals surface area contributed by atoms with E-state index in [1.807, 2.05) is 62.1 Å². The SMILES string of the molecule is COc1cc2c(cc1-c1c(C)noc1C)[nH]c1nc(C)nc(-c3ccc(C(=O)N4CCN(C)C(C)C4)c4ccccc34)c12. The largest absolute Gasteiger partial charge is 0.496 e. The molecule has 9 heteroatoms. The standard InChI is InChI=1S/C34H34N6O3/c1-18-17-40(14-13-39(18)5)34(41)25-12-11-24(22-9-7-8-10-23(22)25)32-31-26-16-29(42-6)27(30-19(2)38-43-20(30)3)15-28(26)37-33(31)36-21(4)35-32/h7-12,15-16,18H,13-14,17H2,1-6H3,(H,35,36,37). The number of benzene rings is 3. The van der Waals surface area contributed by atoms with Crippen LogP contribution in [0.4, 0.5) is 0 Å². The van der Waals surface area contributed by atoms with Gasteiger partial charge in [-0.05, 0) is 63.7 Å². The summed E-state index contributed by atoms with van der Waals surface area (Å²) in [6.07, 6.45) is 0. The lowest BCUT2D eigenvalue weighted by Crippen LogP contribution is -2.52. The van der Waals surface area contributed by atoms with Gasteiger partial charge < -0.3 is 24.0 Å². The number of likely N-dealkylation sites (N-methyl/N-ethyl adjacent to an activating group) is 1. The first kappa shape index (κ1) is 27.1. The van der Waals surface area contributed by atoms with Crippen LogP contribution in [0.15, 0.2) is 53.1 Å². The predicted molar refractivity (Wildman–Crippen MR) is 169 cm³/mol. The Kier molecular flexibility index (Phi) is 6.43. The highest BCUT2D eigenvalue weighted by atomic mass is 16.5. The molecule has 1 amide bonds. The zero-order chi connectivity index (χ0) is 30.0. The van der Waals surface area contributed by atoms with Crippen LogP contribution in [-0.2, 0) is 0 Å². The number of ether oxygens (including phenoxy) is 1. The highest BCUT2D eigenvalue weighted by molar-refractivity contribution is 6.17. The molecule has 0 saturated carbocycles. The van der Waals surface area contributed by atoms with Crippen LogP contribution in [-0.4, -0.2) is 75.6 Å². The van der Waals surface area contributed by atoms with Gasteiger partial charge in [0.1, 0.15) is 23.0 Å². The fraction of sp³-hybridized carbons (Fsp3) is 0.294. The summed E-state index contributed by atoms with van der Waals surface area (Å²) in [5.74, 6) is 2.16. The van der Waals surface area contributed by atoms with Crippen LogP contribution in [0.5, 0.6) is 5.75 Å². The average Bonchev–Trinajstić information content (AvgIpc) is 3.53. The maximum absolute atomic E-state index is 13.8. The number of carbonyl (C=O) groups is 1. The van der Waals surface area contributed by atoms with Gasteiger partial charge in [-0.15, -0.1) is 0 Å². The number of methoxy groups -OCH3 is 1. The van der Waals surface area contributed by atoms with Gasteiger partial charge in [0.25, 0.3) is 5.91 Å². The summed E-state index contributed by atoms with van der Waals surface area (Å²) in [4.78, 5) is 31.4. The highest BCUT2D eigenvalue weighted by Crippen LogP contribution is 2.42. The molecule has 0 aliphatic carbocycles. The quantitative estimate of drug-likeness (QED) is 0.264. The molecule has 1 saturated heterocycles. The van der Waals surface area contributed by atoms with Gasteiger partial charge in [0.15, 0.2) is 0 Å². The Morgan fingerprint density at radius 3 is 2.51 bits per heavy atom. The summed E-state index contributed by atoms with van der Waals surface area (Å²) in [5, 5.41) is 7.90. The van der Waals surface area contributed by atoms with Crippen molar-refractivity contribution in [1.82, 2.24) is 29.9 Å². The molecule has 9 nitrogen and oxygen atoms in total. The van der Waals surface area contributed by atoms with Crippen molar-refractivity contribution in [2.75, 3.05) is 33.8 Å². The Bertz CT molecular complexity index is 2040. The number of aromatic nitrogens is 4. The molecular weight excluding hydrogens is 540 g/mol. The van der Waals surface area contributed by atoms with Crippen molar-refractivity contribution in [2.45, 2.75) is 33.7 Å². The van der Waals surface area contributed by atoms with Crippen molar-refractivity contribution in [1.29, 1.82) is 0 Å². The van der Waals surface area contributed by atoms with E-state index in [4.69, 9.17) is 19.2 Å². The number of amides is 1. The molecule has 6 aromatic rings. The average molecular weight is 575 g/mol. The third kappa shape index (κ3) is 4.34. The lowest BCUT2D eigenvalue weighted by molar-refractivity contribution is 0.0574. The fourth-order valence-corrected chi connectivity index (χ4v) is 6.46. The second kappa shape index (κ2) is 10.2. The molecule has 3 aromatic carbocycles. The van der Waals surface area contributed by atoms with Crippen LogP contribution in [0.3, 0.4) is 0 Å². The van der Waals surface area contributed by atoms with E-state index >= 15 is 0 Å². The molecule has 43 heavy (non-hydrogen) atoms. The zero-order valence-corrected chi connectivity index (χ0v) is 25.3. The zero-order valence-electron chi connectivity index (χ0n) is 25.3. The summed E-state index contributed by atoms with van der Waals surface area (Å²) >= 11 is 0. The number of aromatic amines is 1. The number of hydrogen-bond acceptors (Lipinski definition) is 7. The summed E-state index contributed by atoms with van der Waals surface area (Å²) in [6.45, 7) is 10.2. The van der Waals surface area contributed by atoms with E-state index < -0.39 is 0 Å². The number of piperazine rings is 1. The van der Waals surface area contributed by atoms with Crippen LogP contribution in [0, 0.1) is 20.8 Å². The fourth-order valence-electron chi connectivity index (χ4n) is 6.46. The third-order valence-corrected chi connectivity index (χ3v) is 8.84. The second-order valence-electron chi connectivity index (χ2n) is 11.6. The molecule has 1 atom stereocenters. The number of nitrogens with zero attached hydrogens (tertiary/aromatic N) is 5. The maximum Gasteiger partial charge on any atom is 0.254 e. The first-order chi connectivity index (χ1) is 20.7. The Labute approximate surface area is 249 Å². The van der Waals surface area contributed by atoms with Gasteiger partial charge in [0, 0.05) is 53.3 Å². The van der Waals surface area contributed by atoms with E-state index in [1.165, 1.54) is 0 Å². The molecule has 7 rings (SSSR count). The van der Waals surface area contributed by atoms with E-state index in [1.54, 1.807) is 7.11 Å². The van der Waals surface area contributed by atoms with Crippen LogP contribution < -0.4 is 4.74 Å². The van der Waals surface area contributed by atoms with E-state index in [0.717, 1.165) is 73.1 Å². The normalized spacial score (nSPS) is 16.0. The lowest BCUT2D eigenvalue weighted by Gasteiger charge is -2.37. The molecule has 4 heterocycles. The number of aryl methyl sites for hydroxylation is 3. The molecular formula is C34H34N6O3. The van der Waals surface area contributed by atoms with Crippen molar-refractivity contribution in [3.8, 4) is 28.1 Å². The van der Waals surface area contributed by atoms with Crippen molar-refractivity contribution in [3.63, 3.8) is 0 Å². The smallest absolute Gasteiger partial charge is 0.254 e. The van der Waals surface area contributed by atoms with Crippen LogP contribution >= 0.6 is 0 Å². The van der Waals surface area contributed by atoms with Crippen molar-refractivity contribution in [3.05, 3.63) is 71.4 Å². The molecule has 1 aliphatic heterocycles. The summed E-state index contributed by atoms with van der Waals surface area (Å²) in [5.41, 5.74) is 6.74. The van der Waals surface area contributed by atoms with Gasteiger partial charge in [0.2, 0.25) is 0 Å². The highest BCUT2D eigenvalue weighted by Gasteiger charge is 2.27. The Morgan fingerprint density at radius 1 is 1.00 bits per heavy atom. The molecule has 1 aliphatic rings. The van der Waals surface area contributed by atoms with Crippen LogP contribution in [0.2, 0.25) is 0 Å². The number of nitrogens with one attached hydrogen (secondary N) is 1. The summed E-state index contributed by atoms with van der Waals surface area (Å²) in [6, 6.07) is 16.5. The monoisotopic (exact) mass is 574 g/mol. The molecule has 0 spiro atoms. The van der Waals surface area contributed by atoms with Crippen LogP contribution in [0.25, 0.3) is 55.1 Å². The summed E-state index contributed by atoms with van der Waals surface area (Å²) in [7, 11) is 3.78. The second-order valence-corrected chi connectivity index (χ2v) is 11.6. The minimum Gasteiger partial charge on any atom is -0.496 e. The predicted octanol–water partition coefficient (Wildman–Crippen LogP) is 6.30. The minimum absolute atomic E-state index is 0.0652. The third-order valence-electron chi connectivity index (χ3n) is 8.84. The number of fused-ring (bicyclic) bond motifs is 4. The van der Waals surface area contributed by atoms with Gasteiger partial charge in [-0.1, -0.05) is 35.5 Å². The molecule has 3 aromatic heterocycles. The van der Waals surface area contributed by atoms with Gasteiger partial charge in [-0.3, -0.25) is 4.79 Å². The Morgan fingerprint density at radius 2 is 1.79 bits per heavy atom. The first-order valence-electron chi connectivity index (χ1n) is 14.6. The molecule has 1 N–H and O–H groups in total. The number of H-pyrrole nitrogens is 1. The van der Waals surface area contributed by atoms with Gasteiger partial charge in [-0.25, -0.2) is 9.97 Å². The van der Waals surface area contributed by atoms with E-state index in [-0.39, 0.29) is 5.91 Å². The Hall–Kier alpha value is -4.76. The van der Waals surface area contributed by atoms with E-state index in [0.29, 0.717) is 36.3 Å². The number of hydrogen-bond donors (Lipinski definition) is 1. The number of carbonyl (C=O) groups excluding carboxylic acids is 1. The summed E-state index contributed by atoms with van der Waals surface area (Å²) < 4.78 is 11.4. The molecule has 1 fully saturated rings. The van der Waals surface area contributed by atoms with Gasteiger partial charge in [-0.2, -0.15) is 0 Å². The van der Waals surface area contributed by atoms with Crippen molar-refractivity contribution >= 4 is 38.6 Å². The number of rotatable bonds is 4. The van der Waals surface area contributed by atoms with E-state index in [2.05, 4.69) is 41.1 Å². The molecule has 0 radical (unpaired) electrons. The van der Waals surface area contributed by atoms with Crippen LogP contribution in [0.1, 0.15) is 34.6 Å². The Balaban J connectivity index is 1.43. The van der Waals surface area contributed by atoms with Crippen molar-refractivity contribution < 1.29 is 14.1 Å². The minimum atomic E-state index is 0.0652. The topological polar surface area (TPSA) is 100 Å². The first-order valence-corrected chi connectivity index (χ1v) is 14.6. The molecule has 0 bridgehead atoms. The maximum atomic E-state index is 13.8. The lowest BCUT2D eigenvalue weighted by atomic mass is 9.94. The molecule has 218 valence electrons. The van der Waals surface area contributed by atoms with Crippen molar-refractivity contribution in [2.24, 2.45) is 0 Å².